The molecule has 414 valence electrons. The number of amides is 8. The predicted molar refractivity (Wildman–Crippen MR) is 277 cm³/mol. The lowest BCUT2D eigenvalue weighted by atomic mass is 9.93. The summed E-state index contributed by atoms with van der Waals surface area (Å²) in [5, 5.41) is 54.1. The number of nitrogens with zero attached hydrogens (tertiary/aromatic N) is 3. The number of carbonyl (C=O) groups is 9. The van der Waals surface area contributed by atoms with Gasteiger partial charge in [0.2, 0.25) is 41.4 Å². The van der Waals surface area contributed by atoms with E-state index in [1.54, 1.807) is 0 Å². The Kier molecular flexibility index (Phi) is 24.2. The fourth-order valence-electron chi connectivity index (χ4n) is 9.31. The van der Waals surface area contributed by atoms with Gasteiger partial charge >= 0.3 is 5.97 Å². The summed E-state index contributed by atoms with van der Waals surface area (Å²) in [5.74, 6) is -8.24. The van der Waals surface area contributed by atoms with Crippen LogP contribution >= 0.6 is 0 Å². The molecule has 4 bridgehead atoms. The van der Waals surface area contributed by atoms with Crippen molar-refractivity contribution in [1.82, 2.24) is 41.3 Å². The summed E-state index contributed by atoms with van der Waals surface area (Å²) < 4.78 is 0. The molecule has 2 heterocycles. The van der Waals surface area contributed by atoms with Gasteiger partial charge in [-0.15, -0.1) is 0 Å². The molecule has 4 rings (SSSR count). The van der Waals surface area contributed by atoms with Gasteiger partial charge in [-0.3, -0.25) is 38.4 Å². The molecule has 0 spiro atoms. The van der Waals surface area contributed by atoms with Gasteiger partial charge in [0, 0.05) is 44.6 Å². The van der Waals surface area contributed by atoms with Gasteiger partial charge in [0.1, 0.15) is 47.8 Å². The van der Waals surface area contributed by atoms with Crippen LogP contribution in [0.4, 0.5) is 0 Å². The molecule has 75 heavy (non-hydrogen) atoms. The van der Waals surface area contributed by atoms with Gasteiger partial charge in [-0.05, 0) is 68.5 Å². The van der Waals surface area contributed by atoms with Crippen molar-refractivity contribution in [2.24, 2.45) is 5.73 Å². The SMILES string of the molecule is CCCCCCCCCCCCCCCC(=O)N(C)[C@H](CO)C(=O)N[C@H](N)C(=O)NCC(=O)N(C)[C@@H]1C(=O)N[C@@H](C)C(=O)N[C@H](C(=O)N[C@@H](C)C(=O)N2CCCC2C(=O)O)Cc2ccc(O)c(c2)-c2cc1ccc2O. The molecule has 2 aromatic rings. The minimum absolute atomic E-state index is 0.0154. The molecule has 0 aliphatic carbocycles. The van der Waals surface area contributed by atoms with E-state index in [9.17, 15) is 63.6 Å². The number of likely N-dealkylation sites (N-methyl/N-ethyl adjacent to an activating group) is 2. The van der Waals surface area contributed by atoms with Crippen LogP contribution in [0.15, 0.2) is 36.4 Å². The van der Waals surface area contributed by atoms with Crippen molar-refractivity contribution in [3.8, 4) is 22.6 Å². The standard InChI is InChI=1S/C53H79N9O13/c1-6-7-8-9-10-11-12-13-14-15-16-17-18-21-43(66)60(4)40(31-63)49(70)59-46(54)51(72)55-30-44(67)61(5)45-35-23-25-42(65)37(29-35)36-27-34(22-24-41(36)64)28-38(58-47(68)32(2)56-50(45)71)48(69)57-33(3)52(73)62-26-19-20-39(62)53(74)75/h22-25,27,29,32-33,38-40,45-46,63-65H,6-21,26,28,30-31,54H2,1-5H3,(H,55,72)(H,56,71)(H,57,69)(H,58,68)(H,59,70)(H,74,75)/t32-,33-,38-,39?,40+,45-,46-/m0/s1. The predicted octanol–water partition coefficient (Wildman–Crippen LogP) is 2.21. The third kappa shape index (κ3) is 17.7. The number of hydrogen-bond donors (Lipinski definition) is 10. The summed E-state index contributed by atoms with van der Waals surface area (Å²) in [5.41, 5.74) is 6.54. The topological polar surface area (TPSA) is 330 Å². The fourth-order valence-corrected chi connectivity index (χ4v) is 9.31. The lowest BCUT2D eigenvalue weighted by molar-refractivity contribution is -0.149. The third-order valence-corrected chi connectivity index (χ3v) is 13.9. The smallest absolute Gasteiger partial charge is 0.326 e. The van der Waals surface area contributed by atoms with E-state index < -0.39 is 103 Å². The first kappa shape index (κ1) is 60.7. The van der Waals surface area contributed by atoms with Gasteiger partial charge in [-0.25, -0.2) is 4.79 Å². The quantitative estimate of drug-likeness (QED) is 0.0477. The highest BCUT2D eigenvalue weighted by atomic mass is 16.4. The molecule has 1 fully saturated rings. The first-order valence-corrected chi connectivity index (χ1v) is 26.3. The second-order valence-electron chi connectivity index (χ2n) is 19.7. The fraction of sp³-hybridized carbons (Fsp3) is 0.604. The molecule has 7 atom stereocenters. The number of benzene rings is 2. The number of rotatable bonds is 26. The average molecular weight is 1050 g/mol. The zero-order valence-corrected chi connectivity index (χ0v) is 44.0. The number of carboxylic acid groups (broad SMARTS) is 1. The molecule has 0 saturated carbocycles. The third-order valence-electron chi connectivity index (χ3n) is 13.9. The molecule has 0 aromatic heterocycles. The normalized spacial score (nSPS) is 18.8. The van der Waals surface area contributed by atoms with Crippen LogP contribution in [0.3, 0.4) is 0 Å². The van der Waals surface area contributed by atoms with Crippen molar-refractivity contribution < 1.29 is 63.6 Å². The van der Waals surface area contributed by atoms with Crippen LogP contribution in [0.1, 0.15) is 141 Å². The van der Waals surface area contributed by atoms with Crippen molar-refractivity contribution >= 4 is 53.2 Å². The maximum Gasteiger partial charge on any atom is 0.326 e. The molecule has 1 unspecified atom stereocenters. The molecule has 2 aliphatic heterocycles. The minimum atomic E-state index is -1.74. The van der Waals surface area contributed by atoms with E-state index in [0.29, 0.717) is 18.4 Å². The number of aliphatic hydroxyl groups is 1. The van der Waals surface area contributed by atoms with Gasteiger partial charge in [-0.1, -0.05) is 96.1 Å². The van der Waals surface area contributed by atoms with Crippen molar-refractivity contribution in [3.63, 3.8) is 0 Å². The van der Waals surface area contributed by atoms with Crippen LogP contribution in [-0.2, 0) is 49.6 Å². The average Bonchev–Trinajstić information content (AvgIpc) is 3.88. The van der Waals surface area contributed by atoms with E-state index in [1.165, 1.54) is 121 Å². The number of hydrogen-bond acceptors (Lipinski definition) is 13. The van der Waals surface area contributed by atoms with Gasteiger partial charge in [0.25, 0.3) is 5.91 Å². The van der Waals surface area contributed by atoms with E-state index >= 15 is 0 Å². The Morgan fingerprint density at radius 2 is 1.37 bits per heavy atom. The van der Waals surface area contributed by atoms with Crippen LogP contribution in [-0.4, -0.2) is 159 Å². The summed E-state index contributed by atoms with van der Waals surface area (Å²) >= 11 is 0. The number of nitrogens with two attached hydrogens (primary N) is 1. The number of phenolic OH excluding ortho intramolecular Hbond substituents is 2. The van der Waals surface area contributed by atoms with E-state index in [0.717, 1.165) is 35.5 Å². The van der Waals surface area contributed by atoms with Gasteiger partial charge in [-0.2, -0.15) is 0 Å². The highest BCUT2D eigenvalue weighted by Crippen LogP contribution is 2.39. The second-order valence-corrected chi connectivity index (χ2v) is 19.7. The first-order chi connectivity index (χ1) is 35.7. The number of phenols is 2. The number of aromatic hydroxyl groups is 2. The number of carbonyl (C=O) groups excluding carboxylic acids is 8. The Bertz CT molecular complexity index is 2330. The molecule has 22 heteroatoms. The molecule has 1 saturated heterocycles. The van der Waals surface area contributed by atoms with Crippen LogP contribution < -0.4 is 32.3 Å². The number of aliphatic hydroxyl groups excluding tert-OH is 1. The Morgan fingerprint density at radius 1 is 0.787 bits per heavy atom. The molecule has 2 aromatic carbocycles. The molecule has 0 radical (unpaired) electrons. The maximum atomic E-state index is 14.2. The zero-order valence-electron chi connectivity index (χ0n) is 44.0. The van der Waals surface area contributed by atoms with Gasteiger partial charge < -0.3 is 67.4 Å². The van der Waals surface area contributed by atoms with Gasteiger partial charge in [0.15, 0.2) is 6.17 Å². The Hall–Kier alpha value is -6.81. The molecule has 11 N–H and O–H groups in total. The lowest BCUT2D eigenvalue weighted by Gasteiger charge is -2.30. The number of likely N-dealkylation sites (tertiary alicyclic amines) is 1. The van der Waals surface area contributed by atoms with Crippen LogP contribution in [0.25, 0.3) is 11.1 Å². The first-order valence-electron chi connectivity index (χ1n) is 26.3. The van der Waals surface area contributed by atoms with Gasteiger partial charge in [0.05, 0.1) is 13.2 Å². The maximum absolute atomic E-state index is 14.2. The minimum Gasteiger partial charge on any atom is -0.507 e. The number of unbranched alkanes of at least 4 members (excludes halogenated alkanes) is 12. The summed E-state index contributed by atoms with van der Waals surface area (Å²) in [7, 11) is 2.61. The van der Waals surface area contributed by atoms with E-state index in [4.69, 9.17) is 5.73 Å². The van der Waals surface area contributed by atoms with E-state index in [2.05, 4.69) is 33.5 Å². The molecular formula is C53H79N9O13. The number of nitrogens with one attached hydrogen (secondary N) is 5. The summed E-state index contributed by atoms with van der Waals surface area (Å²) in [6.07, 6.45) is 13.7. The van der Waals surface area contributed by atoms with E-state index in [-0.39, 0.29) is 59.9 Å². The van der Waals surface area contributed by atoms with Crippen molar-refractivity contribution in [3.05, 3.63) is 47.5 Å². The Labute approximate surface area is 438 Å². The molecule has 2 aliphatic rings. The largest absolute Gasteiger partial charge is 0.507 e. The number of aliphatic carboxylic acids is 1. The van der Waals surface area contributed by atoms with Crippen LogP contribution in [0.5, 0.6) is 11.5 Å². The van der Waals surface area contributed by atoms with Crippen molar-refractivity contribution in [2.45, 2.75) is 172 Å². The zero-order chi connectivity index (χ0) is 55.4. The lowest BCUT2D eigenvalue weighted by Crippen LogP contribution is -2.59. The highest BCUT2D eigenvalue weighted by molar-refractivity contribution is 5.98. The number of fused-ring (bicyclic) bond motifs is 5. The molecule has 22 nitrogen and oxygen atoms in total. The van der Waals surface area contributed by atoms with Crippen molar-refractivity contribution in [2.75, 3.05) is 33.8 Å². The molecule has 8 amide bonds. The highest BCUT2D eigenvalue weighted by Gasteiger charge is 2.38. The summed E-state index contributed by atoms with van der Waals surface area (Å²) in [6, 6.07) is 0.228. The summed E-state index contributed by atoms with van der Waals surface area (Å²) in [4.78, 5) is 123. The van der Waals surface area contributed by atoms with Crippen LogP contribution in [0.2, 0.25) is 0 Å². The van der Waals surface area contributed by atoms with Crippen molar-refractivity contribution in [1.29, 1.82) is 0 Å². The number of carboxylic acids is 1. The molecular weight excluding hydrogens is 971 g/mol. The Balaban J connectivity index is 1.39. The summed E-state index contributed by atoms with van der Waals surface area (Å²) in [6.45, 7) is 3.58. The monoisotopic (exact) mass is 1050 g/mol. The van der Waals surface area contributed by atoms with Crippen LogP contribution in [0, 0.1) is 0 Å². The van der Waals surface area contributed by atoms with E-state index in [1.807, 2.05) is 0 Å². The second kappa shape index (κ2) is 29.9. The Morgan fingerprint density at radius 3 is 1.97 bits per heavy atom.